The van der Waals surface area contributed by atoms with Gasteiger partial charge in [0.1, 0.15) is 5.75 Å². The van der Waals surface area contributed by atoms with E-state index in [4.69, 9.17) is 4.74 Å². The lowest BCUT2D eigenvalue weighted by Crippen LogP contribution is -2.55. The van der Waals surface area contributed by atoms with E-state index >= 15 is 0 Å². The lowest BCUT2D eigenvalue weighted by molar-refractivity contribution is -0.140. The minimum absolute atomic E-state index is 0.0171. The van der Waals surface area contributed by atoms with Crippen LogP contribution in [-0.2, 0) is 14.8 Å². The summed E-state index contributed by atoms with van der Waals surface area (Å²) in [4.78, 5) is 16.7. The normalized spacial score (nSPS) is 22.0. The minimum atomic E-state index is -3.47. The predicted octanol–water partition coefficient (Wildman–Crippen LogP) is 0.378. The number of benzene rings is 1. The fraction of sp³-hybridized carbons (Fsp3) is 0.562. The van der Waals surface area contributed by atoms with Crippen molar-refractivity contribution in [1.29, 1.82) is 0 Å². The summed E-state index contributed by atoms with van der Waals surface area (Å²) in [5, 5.41) is 0. The molecule has 0 aliphatic carbocycles. The molecular weight excluding hydrogens is 330 g/mol. The van der Waals surface area contributed by atoms with E-state index in [2.05, 4.69) is 4.90 Å². The first-order valence-electron chi connectivity index (χ1n) is 8.16. The monoisotopic (exact) mass is 353 g/mol. The Balaban J connectivity index is 1.85. The van der Waals surface area contributed by atoms with Crippen molar-refractivity contribution in [2.24, 2.45) is 0 Å². The van der Waals surface area contributed by atoms with Crippen LogP contribution in [0.4, 0.5) is 5.69 Å². The summed E-state index contributed by atoms with van der Waals surface area (Å²) in [6, 6.07) is 6.96. The maximum absolute atomic E-state index is 12.8. The van der Waals surface area contributed by atoms with Gasteiger partial charge in [0.15, 0.2) is 6.10 Å². The molecule has 0 bridgehead atoms. The van der Waals surface area contributed by atoms with Gasteiger partial charge in [-0.3, -0.25) is 9.10 Å². The number of likely N-dealkylation sites (N-methyl/N-ethyl adjacent to an activating group) is 1. The van der Waals surface area contributed by atoms with E-state index < -0.39 is 16.1 Å². The highest BCUT2D eigenvalue weighted by Gasteiger charge is 2.38. The lowest BCUT2D eigenvalue weighted by atomic mass is 10.2. The van der Waals surface area contributed by atoms with Gasteiger partial charge in [-0.15, -0.1) is 0 Å². The number of carbonyl (C=O) groups excluding carboxylic acids is 1. The average molecular weight is 353 g/mol. The van der Waals surface area contributed by atoms with Gasteiger partial charge in [-0.1, -0.05) is 12.1 Å². The molecule has 7 nitrogen and oxygen atoms in total. The summed E-state index contributed by atoms with van der Waals surface area (Å²) >= 11 is 0. The second kappa shape index (κ2) is 6.60. The number of hydrogen-bond acceptors (Lipinski definition) is 5. The third-order valence-corrected chi connectivity index (χ3v) is 6.27. The molecule has 2 aliphatic heterocycles. The first-order valence-corrected chi connectivity index (χ1v) is 9.76. The van der Waals surface area contributed by atoms with Gasteiger partial charge in [0.25, 0.3) is 5.91 Å². The van der Waals surface area contributed by atoms with Gasteiger partial charge < -0.3 is 14.5 Å². The van der Waals surface area contributed by atoms with Crippen molar-refractivity contribution in [2.75, 3.05) is 49.8 Å². The topological polar surface area (TPSA) is 70.2 Å². The number of amides is 1. The molecule has 1 atom stereocenters. The molecule has 8 heteroatoms. The van der Waals surface area contributed by atoms with Gasteiger partial charge in [-0.25, -0.2) is 8.42 Å². The number of piperazine rings is 1. The fourth-order valence-electron chi connectivity index (χ4n) is 2.98. The van der Waals surface area contributed by atoms with Crippen molar-refractivity contribution in [3.63, 3.8) is 0 Å². The van der Waals surface area contributed by atoms with E-state index in [1.54, 1.807) is 36.1 Å². The van der Waals surface area contributed by atoms with Crippen LogP contribution >= 0.6 is 0 Å². The summed E-state index contributed by atoms with van der Waals surface area (Å²) < 4.78 is 32.0. The first-order chi connectivity index (χ1) is 11.4. The second-order valence-electron chi connectivity index (χ2n) is 6.13. The summed E-state index contributed by atoms with van der Waals surface area (Å²) in [6.07, 6.45) is -0.801. The predicted molar refractivity (Wildman–Crippen MR) is 91.7 cm³/mol. The van der Waals surface area contributed by atoms with Gasteiger partial charge in [-0.2, -0.15) is 0 Å². The van der Waals surface area contributed by atoms with Crippen LogP contribution < -0.4 is 9.04 Å². The molecule has 132 valence electrons. The Morgan fingerprint density at radius 1 is 1.21 bits per heavy atom. The van der Waals surface area contributed by atoms with E-state index in [0.717, 1.165) is 13.1 Å². The molecule has 1 amide bonds. The molecule has 1 unspecified atom stereocenters. The quantitative estimate of drug-likeness (QED) is 0.786. The average Bonchev–Trinajstić information content (AvgIpc) is 2.60. The number of sulfonamides is 1. The molecule has 1 fully saturated rings. The van der Waals surface area contributed by atoms with E-state index in [0.29, 0.717) is 24.5 Å². The van der Waals surface area contributed by atoms with Crippen LogP contribution in [0.25, 0.3) is 0 Å². The van der Waals surface area contributed by atoms with E-state index in [-0.39, 0.29) is 18.2 Å². The molecule has 24 heavy (non-hydrogen) atoms. The summed E-state index contributed by atoms with van der Waals surface area (Å²) in [5.74, 6) is 0.277. The van der Waals surface area contributed by atoms with Crippen molar-refractivity contribution in [2.45, 2.75) is 13.0 Å². The van der Waals surface area contributed by atoms with Crippen molar-refractivity contribution in [3.8, 4) is 5.75 Å². The molecule has 0 radical (unpaired) electrons. The standard InChI is InChI=1S/C16H23N3O4S/c1-3-24(21,22)19-12-15(23-14-7-5-4-6-13(14)19)16(20)18-10-8-17(2)9-11-18/h4-7,15H,3,8-12H2,1-2H3. The lowest BCUT2D eigenvalue weighted by Gasteiger charge is -2.38. The SMILES string of the molecule is CCS(=O)(=O)N1CC(C(=O)N2CCN(C)CC2)Oc2ccccc21. The molecule has 1 aromatic rings. The van der Waals surface area contributed by atoms with Crippen LogP contribution in [0, 0.1) is 0 Å². The Hall–Kier alpha value is -1.80. The van der Waals surface area contributed by atoms with Gasteiger partial charge in [-0.05, 0) is 26.1 Å². The number of ether oxygens (including phenoxy) is 1. The van der Waals surface area contributed by atoms with Crippen LogP contribution in [0.15, 0.2) is 24.3 Å². The molecular formula is C16H23N3O4S. The molecule has 3 rings (SSSR count). The molecule has 0 saturated carbocycles. The van der Waals surface area contributed by atoms with Crippen molar-refractivity contribution in [1.82, 2.24) is 9.80 Å². The van der Waals surface area contributed by atoms with Crippen LogP contribution in [0.3, 0.4) is 0 Å². The Morgan fingerprint density at radius 2 is 1.88 bits per heavy atom. The number of anilines is 1. The Morgan fingerprint density at radius 3 is 2.54 bits per heavy atom. The van der Waals surface area contributed by atoms with E-state index in [1.165, 1.54) is 4.31 Å². The number of hydrogen-bond donors (Lipinski definition) is 0. The van der Waals surface area contributed by atoms with Crippen LogP contribution in [0.1, 0.15) is 6.92 Å². The smallest absolute Gasteiger partial charge is 0.265 e. The van der Waals surface area contributed by atoms with Gasteiger partial charge >= 0.3 is 0 Å². The molecule has 0 N–H and O–H groups in total. The number of para-hydroxylation sites is 2. The van der Waals surface area contributed by atoms with Crippen molar-refractivity contribution in [3.05, 3.63) is 24.3 Å². The Bertz CT molecular complexity index is 714. The third kappa shape index (κ3) is 3.21. The summed E-state index contributed by atoms with van der Waals surface area (Å²) in [5.41, 5.74) is 0.502. The van der Waals surface area contributed by atoms with E-state index in [9.17, 15) is 13.2 Å². The number of carbonyl (C=O) groups is 1. The molecule has 0 aromatic heterocycles. The first kappa shape index (κ1) is 17.0. The number of fused-ring (bicyclic) bond motifs is 1. The van der Waals surface area contributed by atoms with Gasteiger partial charge in [0, 0.05) is 26.2 Å². The van der Waals surface area contributed by atoms with Crippen LogP contribution in [0.2, 0.25) is 0 Å². The molecule has 0 spiro atoms. The number of rotatable bonds is 3. The van der Waals surface area contributed by atoms with Crippen molar-refractivity contribution >= 4 is 21.6 Å². The maximum Gasteiger partial charge on any atom is 0.265 e. The largest absolute Gasteiger partial charge is 0.476 e. The summed E-state index contributed by atoms with van der Waals surface area (Å²) in [6.45, 7) is 4.52. The maximum atomic E-state index is 12.8. The Kier molecular flexibility index (Phi) is 4.69. The van der Waals surface area contributed by atoms with Crippen LogP contribution in [0.5, 0.6) is 5.75 Å². The van der Waals surface area contributed by atoms with Crippen LogP contribution in [-0.4, -0.2) is 75.8 Å². The molecule has 2 heterocycles. The fourth-order valence-corrected chi connectivity index (χ4v) is 4.11. The number of nitrogens with zero attached hydrogens (tertiary/aromatic N) is 3. The minimum Gasteiger partial charge on any atom is -0.476 e. The van der Waals surface area contributed by atoms with Gasteiger partial charge in [0.05, 0.1) is 18.0 Å². The molecule has 1 aromatic carbocycles. The third-order valence-electron chi connectivity index (χ3n) is 4.53. The Labute approximate surface area is 142 Å². The highest BCUT2D eigenvalue weighted by atomic mass is 32.2. The van der Waals surface area contributed by atoms with Gasteiger partial charge in [0.2, 0.25) is 10.0 Å². The summed E-state index contributed by atoms with van der Waals surface area (Å²) in [7, 11) is -1.45. The highest BCUT2D eigenvalue weighted by molar-refractivity contribution is 7.92. The second-order valence-corrected chi connectivity index (χ2v) is 8.32. The van der Waals surface area contributed by atoms with Crippen molar-refractivity contribution < 1.29 is 17.9 Å². The zero-order valence-corrected chi connectivity index (χ0v) is 14.8. The molecule has 2 aliphatic rings. The van der Waals surface area contributed by atoms with E-state index in [1.807, 2.05) is 7.05 Å². The zero-order chi connectivity index (χ0) is 17.3. The molecule has 1 saturated heterocycles. The zero-order valence-electron chi connectivity index (χ0n) is 14.0. The highest BCUT2D eigenvalue weighted by Crippen LogP contribution is 2.35.